The minimum absolute atomic E-state index is 0.147. The van der Waals surface area contributed by atoms with Gasteiger partial charge in [-0.2, -0.15) is 0 Å². The number of morpholine rings is 1. The molecule has 1 amide bonds. The monoisotopic (exact) mass is 607 g/mol. The summed E-state index contributed by atoms with van der Waals surface area (Å²) in [7, 11) is -3.86. The Balaban J connectivity index is 1.53. The normalized spacial score (nSPS) is 15.2. The highest BCUT2D eigenvalue weighted by atomic mass is 127. The van der Waals surface area contributed by atoms with Crippen molar-refractivity contribution in [3.05, 3.63) is 83.9 Å². The molecule has 0 atom stereocenters. The van der Waals surface area contributed by atoms with Gasteiger partial charge in [0.05, 0.1) is 41.0 Å². The van der Waals surface area contributed by atoms with Crippen molar-refractivity contribution in [2.75, 3.05) is 32.8 Å². The SMILES string of the molecule is O=C(NI)C(O)=Cc1ccn(S(=O)(=O)c2cccc(-c3cccc(CCN4CCOCC4)c3)c2)c1. The number of nitrogens with one attached hydrogen (secondary N) is 1. The third-order valence-corrected chi connectivity index (χ3v) is 7.92. The first-order valence-corrected chi connectivity index (χ1v) is 13.6. The summed E-state index contributed by atoms with van der Waals surface area (Å²) in [6.07, 6.45) is 4.85. The van der Waals surface area contributed by atoms with E-state index in [0.29, 0.717) is 5.56 Å². The van der Waals surface area contributed by atoms with Gasteiger partial charge in [-0.05, 0) is 52.9 Å². The Bertz CT molecular complexity index is 1330. The molecule has 3 aromatic rings. The van der Waals surface area contributed by atoms with Crippen LogP contribution < -0.4 is 3.53 Å². The van der Waals surface area contributed by atoms with E-state index < -0.39 is 21.7 Å². The number of hydrogen-bond donors (Lipinski definition) is 2. The number of aliphatic hydroxyl groups is 1. The fourth-order valence-electron chi connectivity index (χ4n) is 3.88. The molecule has 0 radical (unpaired) electrons. The molecule has 1 aliphatic heterocycles. The van der Waals surface area contributed by atoms with Gasteiger partial charge in [-0.25, -0.2) is 12.4 Å². The minimum atomic E-state index is -3.86. The third-order valence-electron chi connectivity index (χ3n) is 5.80. The summed E-state index contributed by atoms with van der Waals surface area (Å²) in [5.74, 6) is -1.17. The van der Waals surface area contributed by atoms with Crippen molar-refractivity contribution >= 4 is 44.9 Å². The molecule has 1 fully saturated rings. The van der Waals surface area contributed by atoms with Gasteiger partial charge in [0, 0.05) is 32.0 Å². The molecule has 2 aromatic carbocycles. The lowest BCUT2D eigenvalue weighted by atomic mass is 10.0. The van der Waals surface area contributed by atoms with Crippen LogP contribution in [0.15, 0.2) is 77.6 Å². The Hall–Kier alpha value is -2.67. The van der Waals surface area contributed by atoms with E-state index in [1.54, 1.807) is 41.1 Å². The first kappa shape index (κ1) is 25.4. The standard InChI is InChI=1S/C25H26IN3O5S/c26-27-25(31)24(30)16-20-8-10-29(18-20)35(32,33)23-6-2-5-22(17-23)21-4-1-3-19(15-21)7-9-28-11-13-34-14-12-28/h1-6,8,10,15-18,30H,7,9,11-14H2,(H,27,31). The zero-order valence-corrected chi connectivity index (χ0v) is 21.9. The van der Waals surface area contributed by atoms with Crippen molar-refractivity contribution in [1.82, 2.24) is 12.4 Å². The third kappa shape index (κ3) is 6.31. The van der Waals surface area contributed by atoms with Gasteiger partial charge in [0.1, 0.15) is 0 Å². The van der Waals surface area contributed by atoms with Gasteiger partial charge in [-0.3, -0.25) is 13.2 Å². The molecule has 1 aliphatic rings. The molecule has 8 nitrogen and oxygen atoms in total. The maximum Gasteiger partial charge on any atom is 0.294 e. The van der Waals surface area contributed by atoms with Crippen LogP contribution in [0.1, 0.15) is 11.1 Å². The lowest BCUT2D eigenvalue weighted by Gasteiger charge is -2.26. The highest BCUT2D eigenvalue weighted by molar-refractivity contribution is 14.1. The quantitative estimate of drug-likeness (QED) is 0.176. The van der Waals surface area contributed by atoms with Crippen molar-refractivity contribution in [3.8, 4) is 11.1 Å². The molecule has 2 heterocycles. The van der Waals surface area contributed by atoms with E-state index in [4.69, 9.17) is 4.74 Å². The number of hydrogen-bond acceptors (Lipinski definition) is 6. The molecule has 0 bridgehead atoms. The van der Waals surface area contributed by atoms with Crippen LogP contribution in [-0.2, 0) is 26.0 Å². The Morgan fingerprint density at radius 1 is 1.09 bits per heavy atom. The van der Waals surface area contributed by atoms with Crippen LogP contribution in [0.25, 0.3) is 17.2 Å². The molecule has 2 N–H and O–H groups in total. The van der Waals surface area contributed by atoms with E-state index in [1.807, 2.05) is 18.2 Å². The van der Waals surface area contributed by atoms with Crippen molar-refractivity contribution in [2.45, 2.75) is 11.3 Å². The fourth-order valence-corrected chi connectivity index (χ4v) is 5.40. The van der Waals surface area contributed by atoms with Crippen LogP contribution >= 0.6 is 22.9 Å². The first-order valence-electron chi connectivity index (χ1n) is 11.1. The van der Waals surface area contributed by atoms with E-state index in [2.05, 4.69) is 20.6 Å². The molecule has 4 rings (SSSR count). The Kier molecular flexibility index (Phi) is 8.26. The van der Waals surface area contributed by atoms with Crippen LogP contribution in [0.2, 0.25) is 0 Å². The number of amides is 1. The van der Waals surface area contributed by atoms with Crippen molar-refractivity contribution in [2.24, 2.45) is 0 Å². The molecule has 0 unspecified atom stereocenters. The Morgan fingerprint density at radius 3 is 2.54 bits per heavy atom. The second kappa shape index (κ2) is 11.4. The van der Waals surface area contributed by atoms with Gasteiger partial charge in [-0.1, -0.05) is 36.4 Å². The molecular formula is C25H26IN3O5S. The average Bonchev–Trinajstić information content (AvgIpc) is 3.37. The summed E-state index contributed by atoms with van der Waals surface area (Å²) in [5.41, 5.74) is 3.34. The molecule has 1 aromatic heterocycles. The number of carbonyl (C=O) groups excluding carboxylic acids is 1. The second-order valence-corrected chi connectivity index (χ2v) is 10.5. The lowest BCUT2D eigenvalue weighted by molar-refractivity contribution is -0.117. The van der Waals surface area contributed by atoms with Crippen LogP contribution in [0, 0.1) is 0 Å². The molecule has 1 saturated heterocycles. The number of halogens is 1. The number of carbonyl (C=O) groups is 1. The minimum Gasteiger partial charge on any atom is -0.503 e. The number of aromatic nitrogens is 1. The average molecular weight is 607 g/mol. The van der Waals surface area contributed by atoms with E-state index in [-0.39, 0.29) is 4.90 Å². The van der Waals surface area contributed by atoms with Gasteiger partial charge in [0.25, 0.3) is 15.9 Å². The van der Waals surface area contributed by atoms with Crippen LogP contribution in [-0.4, -0.2) is 61.2 Å². The molecule has 10 heteroatoms. The second-order valence-electron chi connectivity index (χ2n) is 8.17. The van der Waals surface area contributed by atoms with Gasteiger partial charge in [0.2, 0.25) is 0 Å². The van der Waals surface area contributed by atoms with Gasteiger partial charge in [0.15, 0.2) is 5.76 Å². The fraction of sp³-hybridized carbons (Fsp3) is 0.240. The predicted molar refractivity (Wildman–Crippen MR) is 143 cm³/mol. The van der Waals surface area contributed by atoms with Crippen molar-refractivity contribution in [1.29, 1.82) is 0 Å². The molecule has 0 saturated carbocycles. The number of ether oxygens (including phenoxy) is 1. The Morgan fingerprint density at radius 2 is 1.80 bits per heavy atom. The smallest absolute Gasteiger partial charge is 0.294 e. The number of benzene rings is 2. The first-order chi connectivity index (χ1) is 16.9. The zero-order chi connectivity index (χ0) is 24.8. The van der Waals surface area contributed by atoms with E-state index in [0.717, 1.165) is 54.4 Å². The molecule has 184 valence electrons. The largest absolute Gasteiger partial charge is 0.503 e. The zero-order valence-electron chi connectivity index (χ0n) is 18.9. The van der Waals surface area contributed by atoms with Crippen LogP contribution in [0.4, 0.5) is 0 Å². The van der Waals surface area contributed by atoms with E-state index >= 15 is 0 Å². The maximum atomic E-state index is 13.2. The van der Waals surface area contributed by atoms with Gasteiger partial charge in [-0.15, -0.1) is 0 Å². The highest BCUT2D eigenvalue weighted by Gasteiger charge is 2.18. The van der Waals surface area contributed by atoms with Crippen molar-refractivity contribution in [3.63, 3.8) is 0 Å². The topological polar surface area (TPSA) is 101 Å². The lowest BCUT2D eigenvalue weighted by Crippen LogP contribution is -2.37. The van der Waals surface area contributed by atoms with Crippen molar-refractivity contribution < 1.29 is 23.1 Å². The summed E-state index contributed by atoms with van der Waals surface area (Å²) in [5, 5.41) is 9.77. The maximum absolute atomic E-state index is 13.2. The van der Waals surface area contributed by atoms with Crippen LogP contribution in [0.3, 0.4) is 0 Å². The summed E-state index contributed by atoms with van der Waals surface area (Å²) in [6.45, 7) is 4.40. The Labute approximate surface area is 218 Å². The molecule has 0 aliphatic carbocycles. The van der Waals surface area contributed by atoms with Gasteiger partial charge >= 0.3 is 0 Å². The summed E-state index contributed by atoms with van der Waals surface area (Å²) < 4.78 is 35.2. The molecular weight excluding hydrogens is 581 g/mol. The predicted octanol–water partition coefficient (Wildman–Crippen LogP) is 3.63. The van der Waals surface area contributed by atoms with Gasteiger partial charge < -0.3 is 9.84 Å². The molecule has 0 spiro atoms. The number of aliphatic hydroxyl groups excluding tert-OH is 1. The summed E-state index contributed by atoms with van der Waals surface area (Å²) in [4.78, 5) is 14.0. The summed E-state index contributed by atoms with van der Waals surface area (Å²) in [6, 6.07) is 16.5. The highest BCUT2D eigenvalue weighted by Crippen LogP contribution is 2.25. The number of rotatable bonds is 8. The number of nitrogens with zero attached hydrogens (tertiary/aromatic N) is 2. The summed E-state index contributed by atoms with van der Waals surface area (Å²) >= 11 is 1.61. The molecule has 35 heavy (non-hydrogen) atoms. The van der Waals surface area contributed by atoms with E-state index in [9.17, 15) is 18.3 Å². The van der Waals surface area contributed by atoms with Crippen LogP contribution in [0.5, 0.6) is 0 Å². The van der Waals surface area contributed by atoms with E-state index in [1.165, 1.54) is 30.1 Å².